The number of hydrogen-bond acceptors (Lipinski definition) is 5. The monoisotopic (exact) mass is 297 g/mol. The topological polar surface area (TPSA) is 85.1 Å². The van der Waals surface area contributed by atoms with E-state index in [0.717, 1.165) is 10.7 Å². The summed E-state index contributed by atoms with van der Waals surface area (Å²) in [5.41, 5.74) is 7.51. The summed E-state index contributed by atoms with van der Waals surface area (Å²) in [6.45, 7) is 3.79. The lowest BCUT2D eigenvalue weighted by molar-refractivity contribution is 0.580. The normalized spacial score (nSPS) is 11.7. The van der Waals surface area contributed by atoms with E-state index in [1.54, 1.807) is 19.1 Å². The Balaban J connectivity index is 2.18. The van der Waals surface area contributed by atoms with Crippen LogP contribution in [0.5, 0.6) is 0 Å². The van der Waals surface area contributed by atoms with Gasteiger partial charge in [0.2, 0.25) is 10.0 Å². The molecule has 1 aromatic carbocycles. The van der Waals surface area contributed by atoms with Crippen LogP contribution in [0.15, 0.2) is 28.5 Å². The van der Waals surface area contributed by atoms with Gasteiger partial charge in [-0.05, 0) is 37.6 Å². The van der Waals surface area contributed by atoms with E-state index in [0.29, 0.717) is 11.3 Å². The average Bonchev–Trinajstić information content (AvgIpc) is 2.72. The van der Waals surface area contributed by atoms with Gasteiger partial charge in [0, 0.05) is 11.1 Å². The van der Waals surface area contributed by atoms with Gasteiger partial charge in [-0.2, -0.15) is 0 Å². The van der Waals surface area contributed by atoms with Crippen LogP contribution < -0.4 is 10.5 Å². The number of benzene rings is 1. The summed E-state index contributed by atoms with van der Waals surface area (Å²) in [4.78, 5) is 4.46. The van der Waals surface area contributed by atoms with Crippen LogP contribution in [0.25, 0.3) is 0 Å². The molecule has 0 saturated carbocycles. The molecular weight excluding hydrogens is 282 g/mol. The lowest BCUT2D eigenvalue weighted by Gasteiger charge is -2.08. The SMILES string of the molecule is Cc1nc(CNS(=O)(=O)c2ccc(N)cc2C)cs1. The first kappa shape index (κ1) is 14.0. The van der Waals surface area contributed by atoms with Crippen molar-refractivity contribution in [2.45, 2.75) is 25.3 Å². The van der Waals surface area contributed by atoms with Gasteiger partial charge in [0.15, 0.2) is 0 Å². The van der Waals surface area contributed by atoms with Gasteiger partial charge in [-0.3, -0.25) is 0 Å². The second-order valence-electron chi connectivity index (χ2n) is 4.21. The Labute approximate surface area is 116 Å². The number of thiazole rings is 1. The second-order valence-corrected chi connectivity index (χ2v) is 7.00. The molecule has 1 aromatic heterocycles. The third kappa shape index (κ3) is 3.31. The predicted octanol–water partition coefficient (Wildman–Crippen LogP) is 1.82. The highest BCUT2D eigenvalue weighted by atomic mass is 32.2. The van der Waals surface area contributed by atoms with Gasteiger partial charge in [0.1, 0.15) is 0 Å². The lowest BCUT2D eigenvalue weighted by Crippen LogP contribution is -2.24. The minimum atomic E-state index is -3.54. The van der Waals surface area contributed by atoms with E-state index in [2.05, 4.69) is 9.71 Å². The highest BCUT2D eigenvalue weighted by Gasteiger charge is 2.16. The van der Waals surface area contributed by atoms with Crippen molar-refractivity contribution in [3.8, 4) is 0 Å². The molecule has 0 bridgehead atoms. The summed E-state index contributed by atoms with van der Waals surface area (Å²) in [5, 5.41) is 2.76. The number of nitrogens with two attached hydrogens (primary N) is 1. The van der Waals surface area contributed by atoms with E-state index in [1.165, 1.54) is 17.4 Å². The van der Waals surface area contributed by atoms with Crippen molar-refractivity contribution < 1.29 is 8.42 Å². The fourth-order valence-corrected chi connectivity index (χ4v) is 3.55. The molecule has 19 heavy (non-hydrogen) atoms. The Hall–Kier alpha value is -1.44. The smallest absolute Gasteiger partial charge is 0.241 e. The van der Waals surface area contributed by atoms with Crippen LogP contribution in [0.2, 0.25) is 0 Å². The van der Waals surface area contributed by atoms with E-state index >= 15 is 0 Å². The van der Waals surface area contributed by atoms with Crippen molar-refractivity contribution in [2.24, 2.45) is 0 Å². The Morgan fingerprint density at radius 1 is 1.37 bits per heavy atom. The van der Waals surface area contributed by atoms with Crippen LogP contribution in [0.1, 0.15) is 16.3 Å². The molecule has 0 aliphatic carbocycles. The molecule has 0 radical (unpaired) electrons. The summed E-state index contributed by atoms with van der Waals surface area (Å²) in [7, 11) is -3.54. The average molecular weight is 297 g/mol. The molecule has 102 valence electrons. The highest BCUT2D eigenvalue weighted by Crippen LogP contribution is 2.18. The van der Waals surface area contributed by atoms with Crippen LogP contribution in [0, 0.1) is 13.8 Å². The molecule has 0 amide bonds. The van der Waals surface area contributed by atoms with E-state index in [4.69, 9.17) is 5.73 Å². The summed E-state index contributed by atoms with van der Waals surface area (Å²) < 4.78 is 26.9. The van der Waals surface area contributed by atoms with Gasteiger partial charge in [-0.25, -0.2) is 18.1 Å². The van der Waals surface area contributed by atoms with Crippen LogP contribution >= 0.6 is 11.3 Å². The van der Waals surface area contributed by atoms with Crippen LogP contribution in [0.4, 0.5) is 5.69 Å². The second kappa shape index (κ2) is 5.28. The zero-order valence-corrected chi connectivity index (χ0v) is 12.3. The van der Waals surface area contributed by atoms with Gasteiger partial charge in [-0.15, -0.1) is 11.3 Å². The zero-order valence-electron chi connectivity index (χ0n) is 10.7. The number of aryl methyl sites for hydroxylation is 2. The van der Waals surface area contributed by atoms with E-state index in [9.17, 15) is 8.42 Å². The van der Waals surface area contributed by atoms with Crippen molar-refractivity contribution in [3.63, 3.8) is 0 Å². The molecule has 0 fully saturated rings. The van der Waals surface area contributed by atoms with Crippen LogP contribution in [-0.2, 0) is 16.6 Å². The minimum absolute atomic E-state index is 0.191. The molecule has 7 heteroatoms. The summed E-state index contributed by atoms with van der Waals surface area (Å²) in [6, 6.07) is 4.73. The first-order valence-electron chi connectivity index (χ1n) is 5.65. The van der Waals surface area contributed by atoms with Crippen molar-refractivity contribution in [2.75, 3.05) is 5.73 Å². The number of nitrogen functional groups attached to an aromatic ring is 1. The molecule has 0 atom stereocenters. The molecule has 0 aliphatic heterocycles. The van der Waals surface area contributed by atoms with E-state index in [-0.39, 0.29) is 11.4 Å². The molecular formula is C12H15N3O2S2. The molecule has 0 aliphatic rings. The number of hydrogen-bond donors (Lipinski definition) is 2. The van der Waals surface area contributed by atoms with Crippen molar-refractivity contribution >= 4 is 27.0 Å². The maximum Gasteiger partial charge on any atom is 0.241 e. The quantitative estimate of drug-likeness (QED) is 0.843. The molecule has 0 saturated heterocycles. The van der Waals surface area contributed by atoms with Gasteiger partial charge >= 0.3 is 0 Å². The standard InChI is InChI=1S/C12H15N3O2S2/c1-8-5-10(13)3-4-12(8)19(16,17)14-6-11-7-18-9(2)15-11/h3-5,7,14H,6,13H2,1-2H3. The van der Waals surface area contributed by atoms with Crippen molar-refractivity contribution in [1.29, 1.82) is 0 Å². The number of rotatable bonds is 4. The van der Waals surface area contributed by atoms with Gasteiger partial charge < -0.3 is 5.73 Å². The summed E-state index contributed by atoms with van der Waals surface area (Å²) in [6.07, 6.45) is 0. The summed E-state index contributed by atoms with van der Waals surface area (Å²) >= 11 is 1.49. The van der Waals surface area contributed by atoms with Crippen molar-refractivity contribution in [1.82, 2.24) is 9.71 Å². The fourth-order valence-electron chi connectivity index (χ4n) is 1.71. The number of nitrogens with zero attached hydrogens (tertiary/aromatic N) is 1. The Kier molecular flexibility index (Phi) is 3.88. The predicted molar refractivity (Wildman–Crippen MR) is 76.5 cm³/mol. The number of aromatic nitrogens is 1. The third-order valence-electron chi connectivity index (χ3n) is 2.60. The number of sulfonamides is 1. The largest absolute Gasteiger partial charge is 0.399 e. The fraction of sp³-hybridized carbons (Fsp3) is 0.250. The Morgan fingerprint density at radius 3 is 2.68 bits per heavy atom. The van der Waals surface area contributed by atoms with E-state index < -0.39 is 10.0 Å². The summed E-state index contributed by atoms with van der Waals surface area (Å²) in [5.74, 6) is 0. The molecule has 0 unspecified atom stereocenters. The minimum Gasteiger partial charge on any atom is -0.399 e. The van der Waals surface area contributed by atoms with Gasteiger partial charge in [0.05, 0.1) is 22.1 Å². The Morgan fingerprint density at radius 2 is 2.11 bits per heavy atom. The third-order valence-corrected chi connectivity index (χ3v) is 4.98. The van der Waals surface area contributed by atoms with Gasteiger partial charge in [-0.1, -0.05) is 0 Å². The first-order chi connectivity index (χ1) is 8.88. The first-order valence-corrected chi connectivity index (χ1v) is 8.01. The zero-order chi connectivity index (χ0) is 14.0. The molecule has 2 rings (SSSR count). The van der Waals surface area contributed by atoms with Crippen LogP contribution in [0.3, 0.4) is 0 Å². The maximum absolute atomic E-state index is 12.2. The molecule has 3 N–H and O–H groups in total. The lowest BCUT2D eigenvalue weighted by atomic mass is 10.2. The van der Waals surface area contributed by atoms with Gasteiger partial charge in [0.25, 0.3) is 0 Å². The number of nitrogens with one attached hydrogen (secondary N) is 1. The molecule has 2 aromatic rings. The Bertz CT molecular complexity index is 693. The molecule has 1 heterocycles. The molecule has 5 nitrogen and oxygen atoms in total. The van der Waals surface area contributed by atoms with E-state index in [1.807, 2.05) is 12.3 Å². The van der Waals surface area contributed by atoms with Crippen molar-refractivity contribution in [3.05, 3.63) is 39.8 Å². The number of anilines is 1. The maximum atomic E-state index is 12.2. The molecule has 0 spiro atoms. The van der Waals surface area contributed by atoms with Crippen LogP contribution in [-0.4, -0.2) is 13.4 Å². The highest BCUT2D eigenvalue weighted by molar-refractivity contribution is 7.89.